The minimum absolute atomic E-state index is 0.00617. The summed E-state index contributed by atoms with van der Waals surface area (Å²) in [6.45, 7) is 0.701. The van der Waals surface area contributed by atoms with Gasteiger partial charge >= 0.3 is 0 Å². The van der Waals surface area contributed by atoms with Crippen LogP contribution < -0.4 is 14.8 Å². The third-order valence-corrected chi connectivity index (χ3v) is 4.18. The zero-order valence-electron chi connectivity index (χ0n) is 14.3. The van der Waals surface area contributed by atoms with Gasteiger partial charge in [0.2, 0.25) is 12.7 Å². The maximum atomic E-state index is 12.9. The summed E-state index contributed by atoms with van der Waals surface area (Å²) in [6.07, 6.45) is 0.224. The van der Waals surface area contributed by atoms with Crippen molar-refractivity contribution in [2.45, 2.75) is 12.5 Å². The Bertz CT molecular complexity index is 747. The highest BCUT2D eigenvalue weighted by molar-refractivity contribution is 5.78. The van der Waals surface area contributed by atoms with E-state index in [1.807, 2.05) is 37.2 Å². The van der Waals surface area contributed by atoms with Gasteiger partial charge in [-0.1, -0.05) is 18.2 Å². The largest absolute Gasteiger partial charge is 0.454 e. The molecule has 2 aromatic rings. The molecule has 1 unspecified atom stereocenters. The Labute approximate surface area is 146 Å². The predicted molar refractivity (Wildman–Crippen MR) is 92.1 cm³/mol. The average Bonchev–Trinajstić information content (AvgIpc) is 3.04. The molecule has 0 saturated heterocycles. The summed E-state index contributed by atoms with van der Waals surface area (Å²) in [7, 11) is 3.92. The van der Waals surface area contributed by atoms with Crippen molar-refractivity contribution in [3.8, 4) is 11.5 Å². The molecule has 0 radical (unpaired) electrons. The van der Waals surface area contributed by atoms with Gasteiger partial charge in [-0.15, -0.1) is 0 Å². The monoisotopic (exact) mass is 344 g/mol. The Morgan fingerprint density at radius 1 is 1.16 bits per heavy atom. The molecule has 1 amide bonds. The van der Waals surface area contributed by atoms with Gasteiger partial charge in [0.1, 0.15) is 5.82 Å². The summed E-state index contributed by atoms with van der Waals surface area (Å²) in [4.78, 5) is 14.2. The van der Waals surface area contributed by atoms with Gasteiger partial charge in [-0.3, -0.25) is 4.79 Å². The molecule has 1 heterocycles. The second kappa shape index (κ2) is 7.53. The predicted octanol–water partition coefficient (Wildman–Crippen LogP) is 2.52. The van der Waals surface area contributed by atoms with Gasteiger partial charge in [0.05, 0.1) is 12.5 Å². The normalized spacial score (nSPS) is 13.8. The van der Waals surface area contributed by atoms with E-state index >= 15 is 0 Å². The first kappa shape index (κ1) is 17.2. The van der Waals surface area contributed by atoms with Gasteiger partial charge in [0, 0.05) is 6.54 Å². The van der Waals surface area contributed by atoms with Crippen LogP contribution in [-0.2, 0) is 11.2 Å². The van der Waals surface area contributed by atoms with Crippen LogP contribution in [0.1, 0.15) is 17.2 Å². The number of benzene rings is 2. The first-order valence-corrected chi connectivity index (χ1v) is 8.10. The number of fused-ring (bicyclic) bond motifs is 1. The van der Waals surface area contributed by atoms with Crippen molar-refractivity contribution in [3.05, 3.63) is 59.4 Å². The van der Waals surface area contributed by atoms with Crippen LogP contribution >= 0.6 is 0 Å². The molecule has 0 saturated carbocycles. The molecule has 1 aliphatic rings. The molecule has 0 aliphatic carbocycles. The van der Waals surface area contributed by atoms with Crippen molar-refractivity contribution in [2.24, 2.45) is 0 Å². The zero-order chi connectivity index (χ0) is 17.8. The van der Waals surface area contributed by atoms with Crippen molar-refractivity contribution in [2.75, 3.05) is 27.4 Å². The average molecular weight is 344 g/mol. The number of nitrogens with zero attached hydrogens (tertiary/aromatic N) is 1. The lowest BCUT2D eigenvalue weighted by Crippen LogP contribution is -2.35. The lowest BCUT2D eigenvalue weighted by molar-refractivity contribution is -0.120. The fourth-order valence-corrected chi connectivity index (χ4v) is 2.78. The fourth-order valence-electron chi connectivity index (χ4n) is 2.78. The molecule has 25 heavy (non-hydrogen) atoms. The Hall–Kier alpha value is -2.60. The van der Waals surface area contributed by atoms with Gasteiger partial charge in [-0.2, -0.15) is 0 Å². The van der Waals surface area contributed by atoms with Crippen LogP contribution in [0.3, 0.4) is 0 Å². The molecule has 132 valence electrons. The molecule has 1 aliphatic heterocycles. The fraction of sp³-hybridized carbons (Fsp3) is 0.316. The molecular weight excluding hydrogens is 323 g/mol. The summed E-state index contributed by atoms with van der Waals surface area (Å²) in [5, 5.41) is 2.95. The smallest absolute Gasteiger partial charge is 0.231 e. The minimum atomic E-state index is -0.306. The van der Waals surface area contributed by atoms with Gasteiger partial charge in [-0.25, -0.2) is 4.39 Å². The van der Waals surface area contributed by atoms with Crippen molar-refractivity contribution in [1.82, 2.24) is 10.2 Å². The number of amides is 1. The number of rotatable bonds is 6. The minimum Gasteiger partial charge on any atom is -0.454 e. The van der Waals surface area contributed by atoms with E-state index in [2.05, 4.69) is 5.32 Å². The molecule has 0 aromatic heterocycles. The summed E-state index contributed by atoms with van der Waals surface area (Å²) in [5.41, 5.74) is 1.82. The van der Waals surface area contributed by atoms with Crippen LogP contribution in [0.25, 0.3) is 0 Å². The standard InChI is InChI=1S/C19H21FN2O3/c1-22(2)16(14-5-8-17-18(10-14)25-12-24-17)11-21-19(23)9-13-3-6-15(20)7-4-13/h3-8,10,16H,9,11-12H2,1-2H3,(H,21,23). The SMILES string of the molecule is CN(C)C(CNC(=O)Cc1ccc(F)cc1)c1ccc2c(c1)OCO2. The molecule has 2 aromatic carbocycles. The van der Waals surface area contributed by atoms with Crippen LogP contribution in [0.5, 0.6) is 11.5 Å². The number of carbonyl (C=O) groups is 1. The lowest BCUT2D eigenvalue weighted by Gasteiger charge is -2.25. The van der Waals surface area contributed by atoms with E-state index in [0.29, 0.717) is 6.54 Å². The van der Waals surface area contributed by atoms with E-state index in [1.165, 1.54) is 12.1 Å². The molecule has 1 N–H and O–H groups in total. The summed E-state index contributed by atoms with van der Waals surface area (Å²) in [5.74, 6) is 1.06. The topological polar surface area (TPSA) is 50.8 Å². The number of hydrogen-bond donors (Lipinski definition) is 1. The molecule has 6 heteroatoms. The van der Waals surface area contributed by atoms with Crippen LogP contribution in [0.15, 0.2) is 42.5 Å². The molecule has 3 rings (SSSR count). The van der Waals surface area contributed by atoms with Crippen molar-refractivity contribution >= 4 is 5.91 Å². The molecule has 0 fully saturated rings. The highest BCUT2D eigenvalue weighted by atomic mass is 19.1. The third-order valence-electron chi connectivity index (χ3n) is 4.18. The van der Waals surface area contributed by atoms with Crippen LogP contribution in [0, 0.1) is 5.82 Å². The van der Waals surface area contributed by atoms with E-state index in [1.54, 1.807) is 12.1 Å². The van der Waals surface area contributed by atoms with E-state index < -0.39 is 0 Å². The Morgan fingerprint density at radius 3 is 2.60 bits per heavy atom. The number of ether oxygens (including phenoxy) is 2. The highest BCUT2D eigenvalue weighted by Crippen LogP contribution is 2.34. The van der Waals surface area contributed by atoms with E-state index in [-0.39, 0.29) is 31.0 Å². The molecule has 5 nitrogen and oxygen atoms in total. The maximum Gasteiger partial charge on any atom is 0.231 e. The quantitative estimate of drug-likeness (QED) is 0.875. The number of hydrogen-bond acceptors (Lipinski definition) is 4. The zero-order valence-corrected chi connectivity index (χ0v) is 14.3. The number of halogens is 1. The third kappa shape index (κ3) is 4.28. The molecule has 0 spiro atoms. The van der Waals surface area contributed by atoms with Crippen molar-refractivity contribution < 1.29 is 18.7 Å². The van der Waals surface area contributed by atoms with E-state index in [9.17, 15) is 9.18 Å². The molecular formula is C19H21FN2O3. The van der Waals surface area contributed by atoms with Gasteiger partial charge in [-0.05, 0) is 49.5 Å². The maximum absolute atomic E-state index is 12.9. The van der Waals surface area contributed by atoms with Crippen LogP contribution in [0.4, 0.5) is 4.39 Å². The lowest BCUT2D eigenvalue weighted by atomic mass is 10.0. The first-order chi connectivity index (χ1) is 12.0. The van der Waals surface area contributed by atoms with Crippen LogP contribution in [0.2, 0.25) is 0 Å². The molecule has 0 bridgehead atoms. The summed E-state index contributed by atoms with van der Waals surface area (Å²) >= 11 is 0. The number of nitrogens with one attached hydrogen (secondary N) is 1. The first-order valence-electron chi connectivity index (χ1n) is 8.10. The summed E-state index contributed by atoms with van der Waals surface area (Å²) in [6, 6.07) is 11.8. The van der Waals surface area contributed by atoms with Crippen molar-refractivity contribution in [3.63, 3.8) is 0 Å². The Morgan fingerprint density at radius 2 is 1.88 bits per heavy atom. The second-order valence-electron chi connectivity index (χ2n) is 6.20. The highest BCUT2D eigenvalue weighted by Gasteiger charge is 2.20. The van der Waals surface area contributed by atoms with E-state index in [0.717, 1.165) is 22.6 Å². The van der Waals surface area contributed by atoms with Crippen molar-refractivity contribution in [1.29, 1.82) is 0 Å². The number of likely N-dealkylation sites (N-methyl/N-ethyl adjacent to an activating group) is 1. The van der Waals surface area contributed by atoms with Gasteiger partial charge < -0.3 is 19.7 Å². The Balaban J connectivity index is 1.62. The van der Waals surface area contributed by atoms with Crippen LogP contribution in [-0.4, -0.2) is 38.2 Å². The second-order valence-corrected chi connectivity index (χ2v) is 6.20. The molecule has 1 atom stereocenters. The number of carbonyl (C=O) groups excluding carboxylic acids is 1. The summed E-state index contributed by atoms with van der Waals surface area (Å²) < 4.78 is 23.7. The van der Waals surface area contributed by atoms with Gasteiger partial charge in [0.15, 0.2) is 11.5 Å². The Kier molecular flexibility index (Phi) is 5.19. The van der Waals surface area contributed by atoms with E-state index in [4.69, 9.17) is 9.47 Å². The van der Waals surface area contributed by atoms with Gasteiger partial charge in [0.25, 0.3) is 0 Å².